The zero-order chi connectivity index (χ0) is 11.5. The average Bonchev–Trinajstić information content (AvgIpc) is 2.88. The fourth-order valence-electron chi connectivity index (χ4n) is 2.72. The van der Waals surface area contributed by atoms with Crippen LogP contribution in [-0.4, -0.2) is 42.0 Å². The molecule has 2 aliphatic rings. The van der Waals surface area contributed by atoms with Crippen LogP contribution in [0, 0.1) is 0 Å². The Bertz CT molecular complexity index is 251. The molecule has 1 saturated carbocycles. The number of carbonyl (C=O) groups excluding carboxylic acids is 1. The number of rotatable bonds is 3. The number of hydrogen-bond donors (Lipinski definition) is 2. The van der Waals surface area contributed by atoms with Gasteiger partial charge in [-0.2, -0.15) is 0 Å². The quantitative estimate of drug-likeness (QED) is 0.734. The molecule has 4 heteroatoms. The lowest BCUT2D eigenvalue weighted by atomic mass is 10.2. The molecule has 2 atom stereocenters. The maximum Gasteiger partial charge on any atom is 0.237 e. The minimum atomic E-state index is -0.0193. The van der Waals surface area contributed by atoms with Crippen LogP contribution < -0.4 is 11.1 Å². The number of nitrogens with two attached hydrogens (primary N) is 1. The van der Waals surface area contributed by atoms with Gasteiger partial charge in [0.05, 0.1) is 6.04 Å². The second-order valence-corrected chi connectivity index (χ2v) is 5.21. The number of hydrogen-bond acceptors (Lipinski definition) is 3. The highest BCUT2D eigenvalue weighted by Gasteiger charge is 2.29. The van der Waals surface area contributed by atoms with Crippen LogP contribution in [0.5, 0.6) is 0 Å². The average molecular weight is 225 g/mol. The van der Waals surface area contributed by atoms with Crippen LogP contribution in [0.3, 0.4) is 0 Å². The summed E-state index contributed by atoms with van der Waals surface area (Å²) in [6.45, 7) is 3.81. The van der Waals surface area contributed by atoms with E-state index in [1.165, 1.54) is 12.8 Å². The third-order valence-electron chi connectivity index (χ3n) is 3.88. The summed E-state index contributed by atoms with van der Waals surface area (Å²) in [5.74, 6) is 0.181. The van der Waals surface area contributed by atoms with Gasteiger partial charge in [-0.1, -0.05) is 12.8 Å². The summed E-state index contributed by atoms with van der Waals surface area (Å²) in [6.07, 6.45) is 5.83. The highest BCUT2D eigenvalue weighted by atomic mass is 16.2. The Labute approximate surface area is 97.6 Å². The van der Waals surface area contributed by atoms with Gasteiger partial charge in [-0.3, -0.25) is 9.69 Å². The molecule has 92 valence electrons. The van der Waals surface area contributed by atoms with Crippen molar-refractivity contribution < 1.29 is 4.79 Å². The van der Waals surface area contributed by atoms with Gasteiger partial charge in [0.2, 0.25) is 5.91 Å². The smallest absolute Gasteiger partial charge is 0.237 e. The molecule has 3 N–H and O–H groups in total. The summed E-state index contributed by atoms with van der Waals surface area (Å²) in [5.41, 5.74) is 5.85. The van der Waals surface area contributed by atoms with Crippen molar-refractivity contribution in [3.05, 3.63) is 0 Å². The first-order valence-electron chi connectivity index (χ1n) is 6.47. The number of nitrogens with zero attached hydrogens (tertiary/aromatic N) is 1. The predicted octanol–water partition coefficient (Wildman–Crippen LogP) is 0.467. The van der Waals surface area contributed by atoms with E-state index < -0.39 is 0 Å². The molecule has 1 amide bonds. The van der Waals surface area contributed by atoms with Gasteiger partial charge in [0.1, 0.15) is 0 Å². The summed E-state index contributed by atoms with van der Waals surface area (Å²) < 4.78 is 0. The fourth-order valence-corrected chi connectivity index (χ4v) is 2.72. The Kier molecular flexibility index (Phi) is 3.82. The van der Waals surface area contributed by atoms with E-state index in [4.69, 9.17) is 5.73 Å². The van der Waals surface area contributed by atoms with Crippen molar-refractivity contribution in [3.63, 3.8) is 0 Å². The van der Waals surface area contributed by atoms with E-state index in [9.17, 15) is 4.79 Å². The van der Waals surface area contributed by atoms with Crippen LogP contribution in [0.15, 0.2) is 0 Å². The van der Waals surface area contributed by atoms with Crippen molar-refractivity contribution in [2.75, 3.05) is 13.1 Å². The van der Waals surface area contributed by atoms with E-state index in [1.54, 1.807) is 0 Å². The lowest BCUT2D eigenvalue weighted by Crippen LogP contribution is -2.47. The Morgan fingerprint density at radius 1 is 1.38 bits per heavy atom. The van der Waals surface area contributed by atoms with Gasteiger partial charge < -0.3 is 11.1 Å². The van der Waals surface area contributed by atoms with E-state index in [-0.39, 0.29) is 18.0 Å². The zero-order valence-corrected chi connectivity index (χ0v) is 10.1. The molecule has 1 aliphatic carbocycles. The summed E-state index contributed by atoms with van der Waals surface area (Å²) in [7, 11) is 0. The minimum Gasteiger partial charge on any atom is -0.352 e. The summed E-state index contributed by atoms with van der Waals surface area (Å²) in [6, 6.07) is 0.655. The van der Waals surface area contributed by atoms with Crippen LogP contribution in [-0.2, 0) is 4.79 Å². The standard InChI is InChI=1S/C12H23N3O/c1-9(15-7-6-10(13)8-15)12(16)14-11-4-2-3-5-11/h9-11H,2-8,13H2,1H3,(H,14,16). The van der Waals surface area contributed by atoms with Crippen molar-refractivity contribution in [2.24, 2.45) is 5.73 Å². The van der Waals surface area contributed by atoms with Gasteiger partial charge in [-0.05, 0) is 26.2 Å². The topological polar surface area (TPSA) is 58.4 Å². The fraction of sp³-hybridized carbons (Fsp3) is 0.917. The van der Waals surface area contributed by atoms with Crippen LogP contribution in [0.1, 0.15) is 39.0 Å². The molecule has 4 nitrogen and oxygen atoms in total. The van der Waals surface area contributed by atoms with Gasteiger partial charge in [0, 0.05) is 25.2 Å². The molecule has 1 aliphatic heterocycles. The van der Waals surface area contributed by atoms with Crippen molar-refractivity contribution >= 4 is 5.91 Å². The Morgan fingerprint density at radius 2 is 2.06 bits per heavy atom. The predicted molar refractivity (Wildman–Crippen MR) is 64.0 cm³/mol. The van der Waals surface area contributed by atoms with Crippen LogP contribution >= 0.6 is 0 Å². The summed E-state index contributed by atoms with van der Waals surface area (Å²) in [4.78, 5) is 14.2. The van der Waals surface area contributed by atoms with Crippen molar-refractivity contribution in [3.8, 4) is 0 Å². The van der Waals surface area contributed by atoms with Gasteiger partial charge in [-0.15, -0.1) is 0 Å². The van der Waals surface area contributed by atoms with Crippen LogP contribution in [0.2, 0.25) is 0 Å². The van der Waals surface area contributed by atoms with Gasteiger partial charge >= 0.3 is 0 Å². The second-order valence-electron chi connectivity index (χ2n) is 5.21. The maximum atomic E-state index is 12.0. The first-order chi connectivity index (χ1) is 7.66. The van der Waals surface area contributed by atoms with E-state index >= 15 is 0 Å². The molecule has 0 aromatic carbocycles. The largest absolute Gasteiger partial charge is 0.352 e. The minimum absolute atomic E-state index is 0.0193. The number of likely N-dealkylation sites (tertiary alicyclic amines) is 1. The molecular formula is C12H23N3O. The van der Waals surface area contributed by atoms with Crippen molar-refractivity contribution in [2.45, 2.75) is 57.2 Å². The molecule has 2 rings (SSSR count). The van der Waals surface area contributed by atoms with Crippen molar-refractivity contribution in [1.29, 1.82) is 0 Å². The van der Waals surface area contributed by atoms with Crippen molar-refractivity contribution in [1.82, 2.24) is 10.2 Å². The van der Waals surface area contributed by atoms with Gasteiger partial charge in [-0.25, -0.2) is 0 Å². The lowest BCUT2D eigenvalue weighted by Gasteiger charge is -2.24. The molecule has 0 aromatic heterocycles. The Hall–Kier alpha value is -0.610. The summed E-state index contributed by atoms with van der Waals surface area (Å²) >= 11 is 0. The number of nitrogens with one attached hydrogen (secondary N) is 1. The highest BCUT2D eigenvalue weighted by Crippen LogP contribution is 2.18. The molecule has 16 heavy (non-hydrogen) atoms. The molecule has 0 radical (unpaired) electrons. The van der Waals surface area contributed by atoms with E-state index in [1.807, 2.05) is 6.92 Å². The highest BCUT2D eigenvalue weighted by molar-refractivity contribution is 5.81. The number of amides is 1. The maximum absolute atomic E-state index is 12.0. The molecule has 0 aromatic rings. The lowest BCUT2D eigenvalue weighted by molar-refractivity contribution is -0.126. The molecule has 2 fully saturated rings. The van der Waals surface area contributed by atoms with Gasteiger partial charge in [0.15, 0.2) is 0 Å². The van der Waals surface area contributed by atoms with Crippen LogP contribution in [0.25, 0.3) is 0 Å². The van der Waals surface area contributed by atoms with Gasteiger partial charge in [0.25, 0.3) is 0 Å². The Balaban J connectivity index is 1.79. The molecule has 2 unspecified atom stereocenters. The summed E-state index contributed by atoms with van der Waals surface area (Å²) in [5, 5.41) is 3.15. The van der Waals surface area contributed by atoms with E-state index in [0.717, 1.165) is 32.4 Å². The third kappa shape index (κ3) is 2.74. The normalized spacial score (nSPS) is 29.5. The SMILES string of the molecule is CC(C(=O)NC1CCCC1)N1CCC(N)C1. The van der Waals surface area contributed by atoms with E-state index in [2.05, 4.69) is 10.2 Å². The molecular weight excluding hydrogens is 202 g/mol. The first kappa shape index (κ1) is 11.9. The van der Waals surface area contributed by atoms with E-state index in [0.29, 0.717) is 6.04 Å². The zero-order valence-electron chi connectivity index (χ0n) is 10.1. The third-order valence-corrected chi connectivity index (χ3v) is 3.88. The van der Waals surface area contributed by atoms with Crippen LogP contribution in [0.4, 0.5) is 0 Å². The molecule has 0 bridgehead atoms. The monoisotopic (exact) mass is 225 g/mol. The molecule has 1 heterocycles. The second kappa shape index (κ2) is 5.15. The molecule has 0 spiro atoms. The Morgan fingerprint density at radius 3 is 2.62 bits per heavy atom. The molecule has 1 saturated heterocycles. The first-order valence-corrected chi connectivity index (χ1v) is 6.47. The number of carbonyl (C=O) groups is 1.